The summed E-state index contributed by atoms with van der Waals surface area (Å²) in [6.45, 7) is 1.50. The topological polar surface area (TPSA) is 94.8 Å². The quantitative estimate of drug-likeness (QED) is 0.449. The first-order chi connectivity index (χ1) is 7.95. The lowest BCUT2D eigenvalue weighted by atomic mass is 10.1. The number of amides is 1. The summed E-state index contributed by atoms with van der Waals surface area (Å²) >= 11 is 11.5. The molecule has 1 unspecified atom stereocenters. The number of aromatic nitrogens is 1. The smallest absolute Gasteiger partial charge is 0.405 e. The first kappa shape index (κ1) is 13.5. The Morgan fingerprint density at radius 3 is 2.71 bits per heavy atom. The molecule has 0 aromatic carbocycles. The molecule has 1 aromatic rings. The predicted molar refractivity (Wildman–Crippen MR) is 63.2 cm³/mol. The van der Waals surface area contributed by atoms with Crippen LogP contribution < -0.4 is 5.32 Å². The molecule has 1 atom stereocenters. The lowest BCUT2D eigenvalue weighted by Crippen LogP contribution is -2.38. The zero-order chi connectivity index (χ0) is 13.0. The van der Waals surface area contributed by atoms with Crippen molar-refractivity contribution in [1.82, 2.24) is 10.3 Å². The molecule has 3 N–H and O–H groups in total. The van der Waals surface area contributed by atoms with E-state index >= 15 is 0 Å². The SMILES string of the molecule is CC(NC(=O)O)C(=NO)c1ncc(Cl)cc1Cl. The summed E-state index contributed by atoms with van der Waals surface area (Å²) < 4.78 is 0. The fourth-order valence-electron chi connectivity index (χ4n) is 1.20. The predicted octanol–water partition coefficient (Wildman–Crippen LogP) is 2.22. The van der Waals surface area contributed by atoms with Crippen LogP contribution in [0.3, 0.4) is 0 Å². The summed E-state index contributed by atoms with van der Waals surface area (Å²) in [5.74, 6) is 0. The van der Waals surface area contributed by atoms with Gasteiger partial charge in [0.25, 0.3) is 0 Å². The molecular weight excluding hydrogens is 269 g/mol. The van der Waals surface area contributed by atoms with Gasteiger partial charge in [0.15, 0.2) is 0 Å². The molecule has 0 fully saturated rings. The third kappa shape index (κ3) is 3.47. The molecule has 0 aliphatic rings. The van der Waals surface area contributed by atoms with Crippen molar-refractivity contribution in [3.63, 3.8) is 0 Å². The number of halogens is 2. The maximum Gasteiger partial charge on any atom is 0.405 e. The minimum atomic E-state index is -1.25. The van der Waals surface area contributed by atoms with Gasteiger partial charge in [-0.05, 0) is 13.0 Å². The standard InChI is InChI=1S/C9H9Cl2N3O3/c1-4(13-9(15)16)7(14-17)8-6(11)2-5(10)3-12-8/h2-4,13,17H,1H3,(H,15,16). The van der Waals surface area contributed by atoms with Crippen LogP contribution in [0.4, 0.5) is 4.79 Å². The largest absolute Gasteiger partial charge is 0.465 e. The summed E-state index contributed by atoms with van der Waals surface area (Å²) in [7, 11) is 0. The second-order valence-electron chi connectivity index (χ2n) is 3.14. The van der Waals surface area contributed by atoms with Gasteiger partial charge >= 0.3 is 6.09 Å². The summed E-state index contributed by atoms with van der Waals surface area (Å²) in [4.78, 5) is 14.4. The van der Waals surface area contributed by atoms with E-state index in [1.165, 1.54) is 19.2 Å². The molecule has 1 rings (SSSR count). The summed E-state index contributed by atoms with van der Waals surface area (Å²) in [6, 6.07) is 0.660. The molecule has 0 aliphatic heterocycles. The number of carbonyl (C=O) groups is 1. The van der Waals surface area contributed by atoms with Crippen molar-refractivity contribution in [2.45, 2.75) is 13.0 Å². The number of carboxylic acid groups (broad SMARTS) is 1. The van der Waals surface area contributed by atoms with Gasteiger partial charge in [0, 0.05) is 6.20 Å². The summed E-state index contributed by atoms with van der Waals surface area (Å²) in [5.41, 5.74) is 0.175. The minimum Gasteiger partial charge on any atom is -0.465 e. The van der Waals surface area contributed by atoms with Gasteiger partial charge < -0.3 is 15.6 Å². The van der Waals surface area contributed by atoms with Crippen molar-refractivity contribution in [1.29, 1.82) is 0 Å². The van der Waals surface area contributed by atoms with E-state index in [-0.39, 0.29) is 16.4 Å². The van der Waals surface area contributed by atoms with Crippen LogP contribution in [0.25, 0.3) is 0 Å². The zero-order valence-electron chi connectivity index (χ0n) is 8.69. The van der Waals surface area contributed by atoms with Crippen LogP contribution in [0, 0.1) is 0 Å². The second-order valence-corrected chi connectivity index (χ2v) is 3.98. The average molecular weight is 278 g/mol. The van der Waals surface area contributed by atoms with Crippen LogP contribution in [-0.2, 0) is 0 Å². The number of hydrogen-bond acceptors (Lipinski definition) is 4. The van der Waals surface area contributed by atoms with Crippen molar-refractivity contribution in [3.8, 4) is 0 Å². The summed E-state index contributed by atoms with van der Waals surface area (Å²) in [6.07, 6.45) is 0.0743. The van der Waals surface area contributed by atoms with Gasteiger partial charge in [-0.25, -0.2) is 4.79 Å². The molecule has 8 heteroatoms. The molecule has 0 spiro atoms. The van der Waals surface area contributed by atoms with Gasteiger partial charge in [0.1, 0.15) is 11.4 Å². The number of nitrogens with zero attached hydrogens (tertiary/aromatic N) is 2. The monoisotopic (exact) mass is 277 g/mol. The molecule has 0 saturated heterocycles. The van der Waals surface area contributed by atoms with Gasteiger partial charge in [-0.1, -0.05) is 28.4 Å². The van der Waals surface area contributed by atoms with Crippen molar-refractivity contribution < 1.29 is 15.1 Å². The van der Waals surface area contributed by atoms with E-state index in [2.05, 4.69) is 15.5 Å². The van der Waals surface area contributed by atoms with E-state index in [9.17, 15) is 4.79 Å². The number of rotatable bonds is 3. The van der Waals surface area contributed by atoms with E-state index in [0.29, 0.717) is 5.02 Å². The van der Waals surface area contributed by atoms with Gasteiger partial charge in [-0.15, -0.1) is 0 Å². The zero-order valence-corrected chi connectivity index (χ0v) is 10.2. The van der Waals surface area contributed by atoms with Gasteiger partial charge in [0.2, 0.25) is 0 Å². The Labute approximate surface area is 107 Å². The highest BCUT2D eigenvalue weighted by Crippen LogP contribution is 2.20. The lowest BCUT2D eigenvalue weighted by Gasteiger charge is -2.13. The van der Waals surface area contributed by atoms with Crippen molar-refractivity contribution >= 4 is 35.0 Å². The number of oxime groups is 1. The third-order valence-corrected chi connectivity index (χ3v) is 2.40. The molecule has 0 saturated carbocycles. The Morgan fingerprint density at radius 2 is 2.24 bits per heavy atom. The second kappa shape index (κ2) is 5.70. The molecular formula is C9H9Cl2N3O3. The average Bonchev–Trinajstić information content (AvgIpc) is 2.21. The van der Waals surface area contributed by atoms with Crippen LogP contribution in [0.15, 0.2) is 17.4 Å². The van der Waals surface area contributed by atoms with Crippen LogP contribution in [0.2, 0.25) is 10.0 Å². The molecule has 92 valence electrons. The van der Waals surface area contributed by atoms with E-state index in [4.69, 9.17) is 33.5 Å². The molecule has 17 heavy (non-hydrogen) atoms. The minimum absolute atomic E-state index is 0.00840. The Balaban J connectivity index is 3.06. The molecule has 1 heterocycles. The Bertz CT molecular complexity index is 465. The van der Waals surface area contributed by atoms with Crippen LogP contribution in [-0.4, -0.2) is 33.1 Å². The highest BCUT2D eigenvalue weighted by Gasteiger charge is 2.19. The van der Waals surface area contributed by atoms with Gasteiger partial charge in [0.05, 0.1) is 16.1 Å². The van der Waals surface area contributed by atoms with E-state index in [1.807, 2.05) is 0 Å². The van der Waals surface area contributed by atoms with Gasteiger partial charge in [-0.2, -0.15) is 0 Å². The molecule has 1 amide bonds. The molecule has 0 bridgehead atoms. The molecule has 1 aromatic heterocycles. The molecule has 6 nitrogen and oxygen atoms in total. The number of hydrogen-bond donors (Lipinski definition) is 3. The fourth-order valence-corrected chi connectivity index (χ4v) is 1.67. The normalized spacial score (nSPS) is 13.2. The Hall–Kier alpha value is -1.53. The molecule has 0 radical (unpaired) electrons. The highest BCUT2D eigenvalue weighted by molar-refractivity contribution is 6.36. The molecule has 0 aliphatic carbocycles. The maximum atomic E-state index is 10.5. The van der Waals surface area contributed by atoms with Crippen LogP contribution >= 0.6 is 23.2 Å². The van der Waals surface area contributed by atoms with Crippen molar-refractivity contribution in [3.05, 3.63) is 28.0 Å². The highest BCUT2D eigenvalue weighted by atomic mass is 35.5. The van der Waals surface area contributed by atoms with E-state index in [1.54, 1.807) is 0 Å². The van der Waals surface area contributed by atoms with Crippen LogP contribution in [0.1, 0.15) is 12.6 Å². The van der Waals surface area contributed by atoms with E-state index < -0.39 is 12.1 Å². The summed E-state index contributed by atoms with van der Waals surface area (Å²) in [5, 5.41) is 23.1. The van der Waals surface area contributed by atoms with Gasteiger partial charge in [-0.3, -0.25) is 4.98 Å². The van der Waals surface area contributed by atoms with Crippen LogP contribution in [0.5, 0.6) is 0 Å². The number of pyridine rings is 1. The first-order valence-corrected chi connectivity index (χ1v) is 5.24. The van der Waals surface area contributed by atoms with Crippen molar-refractivity contribution in [2.24, 2.45) is 5.16 Å². The fraction of sp³-hybridized carbons (Fsp3) is 0.222. The third-order valence-electron chi connectivity index (χ3n) is 1.91. The van der Waals surface area contributed by atoms with Crippen molar-refractivity contribution in [2.75, 3.05) is 0 Å². The Morgan fingerprint density at radius 1 is 1.59 bits per heavy atom. The first-order valence-electron chi connectivity index (χ1n) is 4.48. The maximum absolute atomic E-state index is 10.5. The lowest BCUT2D eigenvalue weighted by molar-refractivity contribution is 0.193. The Kier molecular flexibility index (Phi) is 4.53. The number of nitrogens with one attached hydrogen (secondary N) is 1. The van der Waals surface area contributed by atoms with E-state index in [0.717, 1.165) is 0 Å².